The number of nitrogens with zero attached hydrogens (tertiary/aromatic N) is 2. The molecule has 1 atom stereocenters. The summed E-state index contributed by atoms with van der Waals surface area (Å²) in [6.07, 6.45) is 3.99. The van der Waals surface area contributed by atoms with Crippen LogP contribution in [0.15, 0.2) is 53.7 Å². The number of aliphatic imine (C=N–C) groups is 1. The highest BCUT2D eigenvalue weighted by Gasteiger charge is 2.27. The predicted octanol–water partition coefficient (Wildman–Crippen LogP) is 5.35. The van der Waals surface area contributed by atoms with Crippen LogP contribution in [0.5, 0.6) is 5.75 Å². The summed E-state index contributed by atoms with van der Waals surface area (Å²) < 4.78 is 6.43. The van der Waals surface area contributed by atoms with Crippen molar-refractivity contribution in [1.82, 2.24) is 4.98 Å². The molecule has 5 rings (SSSR count). The van der Waals surface area contributed by atoms with Crippen LogP contribution in [-0.4, -0.2) is 10.9 Å². The molecule has 1 aliphatic heterocycles. The van der Waals surface area contributed by atoms with Crippen molar-refractivity contribution in [1.29, 1.82) is 5.26 Å². The Kier molecular flexibility index (Phi) is 4.44. The number of aromatic nitrogens is 1. The van der Waals surface area contributed by atoms with Crippen molar-refractivity contribution in [3.63, 3.8) is 0 Å². The fourth-order valence-corrected chi connectivity index (χ4v) is 3.88. The predicted molar refractivity (Wildman–Crippen MR) is 118 cm³/mol. The lowest BCUT2D eigenvalue weighted by Gasteiger charge is -2.25. The molecule has 6 heteroatoms. The van der Waals surface area contributed by atoms with E-state index in [2.05, 4.69) is 47.7 Å². The van der Waals surface area contributed by atoms with E-state index in [-0.39, 0.29) is 0 Å². The van der Waals surface area contributed by atoms with Crippen molar-refractivity contribution in [2.24, 2.45) is 4.99 Å². The normalized spacial score (nSPS) is 17.4. The van der Waals surface area contributed by atoms with Crippen LogP contribution in [0.3, 0.4) is 0 Å². The highest BCUT2D eigenvalue weighted by molar-refractivity contribution is 6.04. The largest absolute Gasteiger partial charge is 0.464 e. The summed E-state index contributed by atoms with van der Waals surface area (Å²) in [4.78, 5) is 7.98. The molecule has 6 nitrogen and oxygen atoms in total. The molecule has 150 valence electrons. The molecule has 1 fully saturated rings. The van der Waals surface area contributed by atoms with Crippen LogP contribution in [-0.2, 0) is 0 Å². The van der Waals surface area contributed by atoms with Gasteiger partial charge in [-0.15, -0.1) is 0 Å². The molecule has 0 radical (unpaired) electrons. The number of guanidine groups is 1. The van der Waals surface area contributed by atoms with E-state index in [0.717, 1.165) is 33.9 Å². The summed E-state index contributed by atoms with van der Waals surface area (Å²) in [5, 5.41) is 15.5. The summed E-state index contributed by atoms with van der Waals surface area (Å²) >= 11 is 0. The van der Waals surface area contributed by atoms with E-state index in [1.54, 1.807) is 12.1 Å². The lowest BCUT2D eigenvalue weighted by atomic mass is 10.0. The first-order valence-corrected chi connectivity index (χ1v) is 10.2. The van der Waals surface area contributed by atoms with Gasteiger partial charge in [-0.3, -0.25) is 0 Å². The SMILES string of the molecule is Cc1cc(C2CC2)cc(C)c1OC1N=C(Nc2ccc(C#N)cc2)Nc2[nH]ccc21. The first-order chi connectivity index (χ1) is 14.6. The average molecular weight is 397 g/mol. The van der Waals surface area contributed by atoms with Crippen molar-refractivity contribution in [2.45, 2.75) is 38.8 Å². The smallest absolute Gasteiger partial charge is 0.222 e. The lowest BCUT2D eigenvalue weighted by molar-refractivity contribution is 0.213. The molecule has 0 amide bonds. The zero-order valence-corrected chi connectivity index (χ0v) is 17.0. The van der Waals surface area contributed by atoms with Gasteiger partial charge >= 0.3 is 0 Å². The number of H-pyrrole nitrogens is 1. The second-order valence-corrected chi connectivity index (χ2v) is 7.95. The van der Waals surface area contributed by atoms with Gasteiger partial charge in [0.1, 0.15) is 11.6 Å². The van der Waals surface area contributed by atoms with Crippen LogP contribution in [0.1, 0.15) is 52.8 Å². The number of aromatic amines is 1. The third-order valence-electron chi connectivity index (χ3n) is 5.57. The van der Waals surface area contributed by atoms with Gasteiger partial charge in [0.15, 0.2) is 0 Å². The molecule has 2 aliphatic rings. The second-order valence-electron chi connectivity index (χ2n) is 7.95. The highest BCUT2D eigenvalue weighted by Crippen LogP contribution is 2.43. The van der Waals surface area contributed by atoms with Gasteiger partial charge < -0.3 is 20.4 Å². The maximum absolute atomic E-state index is 8.98. The molecule has 0 bridgehead atoms. The number of nitrogens with one attached hydrogen (secondary N) is 3. The van der Waals surface area contributed by atoms with E-state index in [9.17, 15) is 0 Å². The third kappa shape index (κ3) is 3.50. The van der Waals surface area contributed by atoms with E-state index in [4.69, 9.17) is 15.0 Å². The quantitative estimate of drug-likeness (QED) is 0.554. The Hall–Kier alpha value is -3.72. The van der Waals surface area contributed by atoms with Crippen molar-refractivity contribution in [2.75, 3.05) is 10.6 Å². The van der Waals surface area contributed by atoms with Crippen molar-refractivity contribution in [3.05, 3.63) is 76.5 Å². The molecule has 3 N–H and O–H groups in total. The molecule has 0 saturated heterocycles. The number of anilines is 2. The van der Waals surface area contributed by atoms with E-state index in [1.165, 1.54) is 18.4 Å². The fraction of sp³-hybridized carbons (Fsp3) is 0.250. The Bertz CT molecular complexity index is 1140. The molecular weight excluding hydrogens is 374 g/mol. The third-order valence-corrected chi connectivity index (χ3v) is 5.57. The Morgan fingerprint density at radius 1 is 1.10 bits per heavy atom. The van der Waals surface area contributed by atoms with Gasteiger partial charge in [0.25, 0.3) is 0 Å². The molecule has 3 aromatic rings. The first-order valence-electron chi connectivity index (χ1n) is 10.2. The van der Waals surface area contributed by atoms with Gasteiger partial charge in [-0.25, -0.2) is 4.99 Å². The topological polar surface area (TPSA) is 85.2 Å². The van der Waals surface area contributed by atoms with Crippen LogP contribution >= 0.6 is 0 Å². The monoisotopic (exact) mass is 397 g/mol. The van der Waals surface area contributed by atoms with Crippen LogP contribution in [0.25, 0.3) is 0 Å². The van der Waals surface area contributed by atoms with Crippen molar-refractivity contribution >= 4 is 17.5 Å². The number of ether oxygens (including phenoxy) is 1. The molecule has 0 spiro atoms. The molecule has 1 saturated carbocycles. The number of benzene rings is 2. The summed E-state index contributed by atoms with van der Waals surface area (Å²) in [6.45, 7) is 4.21. The van der Waals surface area contributed by atoms with Crippen LogP contribution in [0.4, 0.5) is 11.5 Å². The van der Waals surface area contributed by atoms with Crippen LogP contribution in [0.2, 0.25) is 0 Å². The lowest BCUT2D eigenvalue weighted by Crippen LogP contribution is -2.29. The maximum Gasteiger partial charge on any atom is 0.222 e. The van der Waals surface area contributed by atoms with Crippen molar-refractivity contribution < 1.29 is 4.74 Å². The number of hydrogen-bond acceptors (Lipinski definition) is 5. The Morgan fingerprint density at radius 2 is 1.83 bits per heavy atom. The number of nitriles is 1. The molecule has 1 aromatic heterocycles. The van der Waals surface area contributed by atoms with Crippen LogP contribution < -0.4 is 15.4 Å². The van der Waals surface area contributed by atoms with Gasteiger partial charge in [-0.1, -0.05) is 12.1 Å². The minimum Gasteiger partial charge on any atom is -0.464 e. The van der Waals surface area contributed by atoms with Gasteiger partial charge in [0.2, 0.25) is 12.2 Å². The van der Waals surface area contributed by atoms with Crippen LogP contribution in [0, 0.1) is 25.2 Å². The summed E-state index contributed by atoms with van der Waals surface area (Å²) in [6, 6.07) is 15.9. The van der Waals surface area contributed by atoms with E-state index in [0.29, 0.717) is 17.4 Å². The minimum absolute atomic E-state index is 0.461. The Balaban J connectivity index is 1.42. The molecule has 2 heterocycles. The van der Waals surface area contributed by atoms with Gasteiger partial charge in [0.05, 0.1) is 17.2 Å². The molecule has 30 heavy (non-hydrogen) atoms. The number of rotatable bonds is 4. The van der Waals surface area contributed by atoms with E-state index >= 15 is 0 Å². The van der Waals surface area contributed by atoms with Gasteiger partial charge in [-0.05, 0) is 79.6 Å². The van der Waals surface area contributed by atoms with Crippen molar-refractivity contribution in [3.8, 4) is 11.8 Å². The minimum atomic E-state index is -0.461. The second kappa shape index (κ2) is 7.27. The summed E-state index contributed by atoms with van der Waals surface area (Å²) in [5.74, 6) is 3.05. The molecular formula is C24H23N5O. The molecule has 1 unspecified atom stereocenters. The number of hydrogen-bond donors (Lipinski definition) is 3. The van der Waals surface area contributed by atoms with E-state index < -0.39 is 6.23 Å². The Labute approximate surface area is 175 Å². The maximum atomic E-state index is 8.98. The zero-order valence-electron chi connectivity index (χ0n) is 17.0. The van der Waals surface area contributed by atoms with E-state index in [1.807, 2.05) is 24.4 Å². The fourth-order valence-electron chi connectivity index (χ4n) is 3.88. The van der Waals surface area contributed by atoms with Gasteiger partial charge in [-0.2, -0.15) is 5.26 Å². The first kappa shape index (κ1) is 18.3. The summed E-state index contributed by atoms with van der Waals surface area (Å²) in [5.41, 5.74) is 6.12. The van der Waals surface area contributed by atoms with Gasteiger partial charge in [0, 0.05) is 11.9 Å². The molecule has 2 aromatic carbocycles. The number of fused-ring (bicyclic) bond motifs is 1. The molecule has 1 aliphatic carbocycles. The number of aryl methyl sites for hydroxylation is 2. The zero-order chi connectivity index (χ0) is 20.7. The Morgan fingerprint density at radius 3 is 2.50 bits per heavy atom. The standard InChI is InChI=1S/C24H23N5O/c1-14-11-18(17-5-6-17)12-15(2)21(14)30-23-20-9-10-26-22(20)28-24(29-23)27-19-7-3-16(13-25)4-8-19/h3-4,7-12,17,23,26H,5-6H2,1-2H3,(H2,27,28,29). The summed E-state index contributed by atoms with van der Waals surface area (Å²) in [7, 11) is 0. The highest BCUT2D eigenvalue weighted by atomic mass is 16.5. The average Bonchev–Trinajstić information content (AvgIpc) is 3.49.